The molecule has 0 bridgehead atoms. The minimum absolute atomic E-state index is 0.0203. The Labute approximate surface area is 297 Å². The Bertz CT molecular complexity index is 752. The zero-order valence-corrected chi connectivity index (χ0v) is 31.9. The molecular formula is C42H79NO5. The number of amides is 1. The Kier molecular flexibility index (Phi) is 36.5. The first-order valence-corrected chi connectivity index (χ1v) is 20.8. The summed E-state index contributed by atoms with van der Waals surface area (Å²) in [7, 11) is 0. The lowest BCUT2D eigenvalue weighted by Gasteiger charge is -2.18. The fourth-order valence-electron chi connectivity index (χ4n) is 6.33. The minimum atomic E-state index is -1.01. The monoisotopic (exact) mass is 678 g/mol. The Balaban J connectivity index is 4.17. The summed E-state index contributed by atoms with van der Waals surface area (Å²) >= 11 is 0. The van der Waals surface area contributed by atoms with Crippen LogP contribution in [0.15, 0.2) is 12.2 Å². The summed E-state index contributed by atoms with van der Waals surface area (Å²) < 4.78 is 6.02. The number of allylic oxidation sites excluding steroid dienone is 2. The van der Waals surface area contributed by atoms with Gasteiger partial charge >= 0.3 is 11.9 Å². The van der Waals surface area contributed by atoms with E-state index < -0.39 is 5.97 Å². The SMILES string of the molecule is CCCCCC/C=C\CCCCCCCC(=O)OC(CCCCCCCCCCCCCCC)CCCCCCCC(=O)NCC(=O)O. The number of ether oxygens (including phenoxy) is 1. The molecule has 0 aromatic carbocycles. The second-order valence-corrected chi connectivity index (χ2v) is 14.2. The fraction of sp³-hybridized carbons (Fsp3) is 0.881. The Hall–Kier alpha value is -1.85. The lowest BCUT2D eigenvalue weighted by molar-refractivity contribution is -0.150. The van der Waals surface area contributed by atoms with E-state index in [1.807, 2.05) is 0 Å². The van der Waals surface area contributed by atoms with Gasteiger partial charge in [-0.15, -0.1) is 0 Å². The Morgan fingerprint density at radius 1 is 0.521 bits per heavy atom. The number of aliphatic carboxylic acids is 1. The van der Waals surface area contributed by atoms with Crippen molar-refractivity contribution in [2.75, 3.05) is 6.54 Å². The van der Waals surface area contributed by atoms with E-state index in [0.717, 1.165) is 64.2 Å². The van der Waals surface area contributed by atoms with Crippen molar-refractivity contribution in [1.29, 1.82) is 0 Å². The maximum Gasteiger partial charge on any atom is 0.322 e. The van der Waals surface area contributed by atoms with Gasteiger partial charge in [-0.3, -0.25) is 14.4 Å². The van der Waals surface area contributed by atoms with E-state index in [4.69, 9.17) is 9.84 Å². The van der Waals surface area contributed by atoms with Crippen molar-refractivity contribution >= 4 is 17.8 Å². The van der Waals surface area contributed by atoms with Gasteiger partial charge in [-0.05, 0) is 64.2 Å². The molecule has 1 amide bonds. The maximum atomic E-state index is 12.7. The first-order valence-electron chi connectivity index (χ1n) is 20.8. The van der Waals surface area contributed by atoms with Gasteiger partial charge in [-0.1, -0.05) is 161 Å². The molecule has 0 aliphatic heterocycles. The second-order valence-electron chi connectivity index (χ2n) is 14.2. The van der Waals surface area contributed by atoms with Gasteiger partial charge in [0.25, 0.3) is 0 Å². The third kappa shape index (κ3) is 37.0. The number of hydrogen-bond acceptors (Lipinski definition) is 4. The van der Waals surface area contributed by atoms with Crippen LogP contribution in [-0.2, 0) is 19.1 Å². The Morgan fingerprint density at radius 3 is 1.35 bits per heavy atom. The highest BCUT2D eigenvalue weighted by atomic mass is 16.5. The summed E-state index contributed by atoms with van der Waals surface area (Å²) in [4.78, 5) is 35.0. The van der Waals surface area contributed by atoms with E-state index in [9.17, 15) is 14.4 Å². The molecule has 1 atom stereocenters. The summed E-state index contributed by atoms with van der Waals surface area (Å²) in [6.45, 7) is 4.22. The number of carbonyl (C=O) groups is 3. The molecule has 0 aliphatic rings. The largest absolute Gasteiger partial charge is 0.480 e. The molecule has 0 saturated carbocycles. The molecule has 0 aromatic rings. The van der Waals surface area contributed by atoms with Crippen LogP contribution >= 0.6 is 0 Å². The van der Waals surface area contributed by atoms with Crippen molar-refractivity contribution in [2.45, 2.75) is 232 Å². The summed E-state index contributed by atoms with van der Waals surface area (Å²) in [5, 5.41) is 11.1. The van der Waals surface area contributed by atoms with Crippen molar-refractivity contribution in [1.82, 2.24) is 5.32 Å². The van der Waals surface area contributed by atoms with Crippen molar-refractivity contribution in [3.8, 4) is 0 Å². The molecule has 0 rings (SSSR count). The fourth-order valence-corrected chi connectivity index (χ4v) is 6.33. The van der Waals surface area contributed by atoms with Gasteiger partial charge in [-0.2, -0.15) is 0 Å². The van der Waals surface area contributed by atoms with Gasteiger partial charge in [0.15, 0.2) is 0 Å². The molecule has 0 heterocycles. The molecule has 1 unspecified atom stereocenters. The highest BCUT2D eigenvalue weighted by Gasteiger charge is 2.14. The molecule has 48 heavy (non-hydrogen) atoms. The van der Waals surface area contributed by atoms with Crippen molar-refractivity contribution in [2.24, 2.45) is 0 Å². The van der Waals surface area contributed by atoms with Gasteiger partial charge in [0.05, 0.1) is 0 Å². The van der Waals surface area contributed by atoms with Gasteiger partial charge < -0.3 is 15.2 Å². The summed E-state index contributed by atoms with van der Waals surface area (Å²) in [6.07, 6.45) is 43.3. The maximum absolute atomic E-state index is 12.7. The van der Waals surface area contributed by atoms with Crippen LogP contribution in [0.4, 0.5) is 0 Å². The molecule has 0 saturated heterocycles. The number of rotatable bonds is 38. The van der Waals surface area contributed by atoms with Crippen LogP contribution in [-0.4, -0.2) is 35.6 Å². The van der Waals surface area contributed by atoms with Gasteiger partial charge in [0.2, 0.25) is 5.91 Å². The molecule has 2 N–H and O–H groups in total. The molecule has 0 spiro atoms. The van der Waals surface area contributed by atoms with Gasteiger partial charge in [0, 0.05) is 12.8 Å². The molecule has 6 nitrogen and oxygen atoms in total. The van der Waals surface area contributed by atoms with E-state index >= 15 is 0 Å². The molecule has 282 valence electrons. The Morgan fingerprint density at radius 2 is 0.896 bits per heavy atom. The first-order chi connectivity index (χ1) is 23.5. The van der Waals surface area contributed by atoms with Crippen LogP contribution < -0.4 is 5.32 Å². The van der Waals surface area contributed by atoms with Crippen LogP contribution in [0.2, 0.25) is 0 Å². The van der Waals surface area contributed by atoms with E-state index in [1.165, 1.54) is 135 Å². The quantitative estimate of drug-likeness (QED) is 0.0385. The number of carboxylic acid groups (broad SMARTS) is 1. The number of hydrogen-bond donors (Lipinski definition) is 2. The van der Waals surface area contributed by atoms with Crippen molar-refractivity contribution in [3.05, 3.63) is 12.2 Å². The average Bonchev–Trinajstić information content (AvgIpc) is 3.07. The zero-order valence-electron chi connectivity index (χ0n) is 31.9. The normalized spacial score (nSPS) is 12.0. The molecule has 0 radical (unpaired) electrons. The number of unbranched alkanes of at least 4 members (excludes halogenated alkanes) is 25. The molecule has 0 aromatic heterocycles. The van der Waals surface area contributed by atoms with E-state index in [-0.39, 0.29) is 24.5 Å². The number of nitrogens with one attached hydrogen (secondary N) is 1. The average molecular weight is 678 g/mol. The number of carbonyl (C=O) groups excluding carboxylic acids is 2. The van der Waals surface area contributed by atoms with Gasteiger partial charge in [0.1, 0.15) is 12.6 Å². The summed E-state index contributed by atoms with van der Waals surface area (Å²) in [5.74, 6) is -1.23. The molecule has 0 fully saturated rings. The predicted octanol–water partition coefficient (Wildman–Crippen LogP) is 12.6. The highest BCUT2D eigenvalue weighted by molar-refractivity contribution is 5.80. The molecule has 6 heteroatoms. The lowest BCUT2D eigenvalue weighted by atomic mass is 10.0. The topological polar surface area (TPSA) is 92.7 Å². The van der Waals surface area contributed by atoms with Crippen LogP contribution in [0, 0.1) is 0 Å². The second kappa shape index (κ2) is 38.0. The number of carboxylic acids is 1. The standard InChI is InChI=1S/C42H79NO5/c1-3-5-7-9-11-13-15-17-19-21-23-26-30-34-39(35-31-27-25-28-32-36-40(44)43-38-41(45)46)48-42(47)37-33-29-24-22-20-18-16-14-12-10-8-6-4-2/h14,16,39H,3-13,15,17-38H2,1-2H3,(H,43,44)(H,45,46)/b16-14-. The molecule has 0 aliphatic carbocycles. The number of esters is 1. The molecular weight excluding hydrogens is 598 g/mol. The van der Waals surface area contributed by atoms with Crippen LogP contribution in [0.1, 0.15) is 226 Å². The van der Waals surface area contributed by atoms with E-state index in [0.29, 0.717) is 12.8 Å². The van der Waals surface area contributed by atoms with Crippen molar-refractivity contribution < 1.29 is 24.2 Å². The summed E-state index contributed by atoms with van der Waals surface area (Å²) in [5.41, 5.74) is 0. The zero-order chi connectivity index (χ0) is 35.2. The predicted molar refractivity (Wildman–Crippen MR) is 203 cm³/mol. The minimum Gasteiger partial charge on any atom is -0.480 e. The first kappa shape index (κ1) is 46.1. The smallest absolute Gasteiger partial charge is 0.322 e. The van der Waals surface area contributed by atoms with Crippen LogP contribution in [0.5, 0.6) is 0 Å². The van der Waals surface area contributed by atoms with Crippen LogP contribution in [0.3, 0.4) is 0 Å². The third-order valence-corrected chi connectivity index (χ3v) is 9.44. The van der Waals surface area contributed by atoms with Crippen molar-refractivity contribution in [3.63, 3.8) is 0 Å². The third-order valence-electron chi connectivity index (χ3n) is 9.44. The van der Waals surface area contributed by atoms with E-state index in [1.54, 1.807) is 0 Å². The van der Waals surface area contributed by atoms with E-state index in [2.05, 4.69) is 31.3 Å². The van der Waals surface area contributed by atoms with Crippen LogP contribution in [0.25, 0.3) is 0 Å². The lowest BCUT2D eigenvalue weighted by Crippen LogP contribution is -2.28. The van der Waals surface area contributed by atoms with Gasteiger partial charge in [-0.25, -0.2) is 0 Å². The summed E-state index contributed by atoms with van der Waals surface area (Å²) in [6, 6.07) is 0. The highest BCUT2D eigenvalue weighted by Crippen LogP contribution is 2.19.